The molecule has 1 aromatic carbocycles. The molecular weight excluding hydrogens is 177 g/mol. The first kappa shape index (κ1) is 8.02. The third kappa shape index (κ3) is 1.21. The van der Waals surface area contributed by atoms with Gasteiger partial charge in [0.05, 0.1) is 5.02 Å². The molecule has 64 valence electrons. The van der Waals surface area contributed by atoms with E-state index >= 15 is 0 Å². The summed E-state index contributed by atoms with van der Waals surface area (Å²) in [5.41, 5.74) is 6.27. The van der Waals surface area contributed by atoms with E-state index in [-0.39, 0.29) is 22.8 Å². The molecule has 0 aromatic heterocycles. The summed E-state index contributed by atoms with van der Waals surface area (Å²) in [5.74, 6) is -0.124. The molecule has 1 aromatic rings. The lowest BCUT2D eigenvalue weighted by Gasteiger charge is -2.01. The number of rotatable bonds is 1. The lowest BCUT2D eigenvalue weighted by Crippen LogP contribution is -2.02. The number of hydrogen-bond acceptors (Lipinski definition) is 1. The molecule has 0 bridgehead atoms. The molecule has 2 unspecified atom stereocenters. The summed E-state index contributed by atoms with van der Waals surface area (Å²) >= 11 is 5.62. The van der Waals surface area contributed by atoms with E-state index in [1.165, 1.54) is 0 Å². The van der Waals surface area contributed by atoms with Crippen molar-refractivity contribution < 1.29 is 4.39 Å². The standard InChI is InChI=1S/C9H9ClFN/c10-7-3-1-2-5(9(7)11)6-4-8(6)12/h1-3,6,8H,4,12H2. The van der Waals surface area contributed by atoms with E-state index < -0.39 is 0 Å². The Balaban J connectivity index is 2.38. The van der Waals surface area contributed by atoms with Gasteiger partial charge >= 0.3 is 0 Å². The molecule has 0 aliphatic heterocycles. The van der Waals surface area contributed by atoms with Crippen molar-refractivity contribution in [3.8, 4) is 0 Å². The molecule has 0 heterocycles. The summed E-state index contributed by atoms with van der Waals surface area (Å²) in [6.45, 7) is 0. The van der Waals surface area contributed by atoms with Crippen LogP contribution in [0.3, 0.4) is 0 Å². The van der Waals surface area contributed by atoms with E-state index in [1.807, 2.05) is 0 Å². The molecule has 1 nitrogen and oxygen atoms in total. The van der Waals surface area contributed by atoms with Crippen LogP contribution in [-0.4, -0.2) is 6.04 Å². The number of halogens is 2. The topological polar surface area (TPSA) is 26.0 Å². The fourth-order valence-electron chi connectivity index (χ4n) is 1.38. The van der Waals surface area contributed by atoms with Crippen LogP contribution >= 0.6 is 11.6 Å². The Morgan fingerprint density at radius 3 is 2.75 bits per heavy atom. The van der Waals surface area contributed by atoms with Crippen LogP contribution < -0.4 is 5.73 Å². The first-order chi connectivity index (χ1) is 5.70. The van der Waals surface area contributed by atoms with Crippen LogP contribution in [0.1, 0.15) is 17.9 Å². The molecular formula is C9H9ClFN. The average Bonchev–Trinajstić information content (AvgIpc) is 2.73. The molecule has 1 saturated carbocycles. The highest BCUT2D eigenvalue weighted by atomic mass is 35.5. The Kier molecular flexibility index (Phi) is 1.81. The maximum Gasteiger partial charge on any atom is 0.145 e. The first-order valence-corrected chi connectivity index (χ1v) is 4.27. The highest BCUT2D eigenvalue weighted by Gasteiger charge is 2.36. The van der Waals surface area contributed by atoms with Crippen LogP contribution in [0.5, 0.6) is 0 Å². The predicted octanol–water partition coefficient (Wildman–Crippen LogP) is 2.29. The van der Waals surface area contributed by atoms with Crippen LogP contribution in [0.15, 0.2) is 18.2 Å². The zero-order valence-corrected chi connectivity index (χ0v) is 7.18. The van der Waals surface area contributed by atoms with Gasteiger partial charge in [0, 0.05) is 12.0 Å². The maximum absolute atomic E-state index is 13.3. The third-order valence-electron chi connectivity index (χ3n) is 2.22. The Labute approximate surface area is 75.3 Å². The normalized spacial score (nSPS) is 27.2. The molecule has 3 heteroatoms. The highest BCUT2D eigenvalue weighted by molar-refractivity contribution is 6.30. The van der Waals surface area contributed by atoms with E-state index in [2.05, 4.69) is 0 Å². The van der Waals surface area contributed by atoms with Crippen LogP contribution in [0.25, 0.3) is 0 Å². The van der Waals surface area contributed by atoms with E-state index in [4.69, 9.17) is 17.3 Å². The van der Waals surface area contributed by atoms with Gasteiger partial charge in [0.2, 0.25) is 0 Å². The summed E-state index contributed by atoms with van der Waals surface area (Å²) in [6, 6.07) is 5.18. The van der Waals surface area contributed by atoms with E-state index in [0.29, 0.717) is 5.56 Å². The van der Waals surface area contributed by atoms with Crippen LogP contribution in [0, 0.1) is 5.82 Å². The highest BCUT2D eigenvalue weighted by Crippen LogP contribution is 2.41. The van der Waals surface area contributed by atoms with Gasteiger partial charge in [-0.2, -0.15) is 0 Å². The monoisotopic (exact) mass is 185 g/mol. The molecule has 12 heavy (non-hydrogen) atoms. The van der Waals surface area contributed by atoms with Crippen LogP contribution in [-0.2, 0) is 0 Å². The SMILES string of the molecule is NC1CC1c1cccc(Cl)c1F. The van der Waals surface area contributed by atoms with Crippen molar-refractivity contribution in [2.24, 2.45) is 5.73 Å². The maximum atomic E-state index is 13.3. The molecule has 0 saturated heterocycles. The van der Waals surface area contributed by atoms with Gasteiger partial charge < -0.3 is 5.73 Å². The van der Waals surface area contributed by atoms with Gasteiger partial charge in [-0.25, -0.2) is 4.39 Å². The lowest BCUT2D eigenvalue weighted by molar-refractivity contribution is 0.610. The largest absolute Gasteiger partial charge is 0.327 e. The molecule has 0 radical (unpaired) electrons. The number of nitrogens with two attached hydrogens (primary N) is 1. The van der Waals surface area contributed by atoms with Crippen molar-refractivity contribution in [1.29, 1.82) is 0 Å². The number of benzene rings is 1. The van der Waals surface area contributed by atoms with E-state index in [9.17, 15) is 4.39 Å². The quantitative estimate of drug-likeness (QED) is 0.714. The van der Waals surface area contributed by atoms with Gasteiger partial charge in [0.25, 0.3) is 0 Å². The van der Waals surface area contributed by atoms with Gasteiger partial charge in [-0.05, 0) is 18.1 Å². The molecule has 1 aliphatic rings. The van der Waals surface area contributed by atoms with Crippen molar-refractivity contribution in [2.45, 2.75) is 18.4 Å². The fraction of sp³-hybridized carbons (Fsp3) is 0.333. The first-order valence-electron chi connectivity index (χ1n) is 3.89. The van der Waals surface area contributed by atoms with Crippen LogP contribution in [0.4, 0.5) is 4.39 Å². The molecule has 2 atom stereocenters. The van der Waals surface area contributed by atoms with Crippen molar-refractivity contribution in [2.75, 3.05) is 0 Å². The fourth-order valence-corrected chi connectivity index (χ4v) is 1.56. The van der Waals surface area contributed by atoms with Gasteiger partial charge in [-0.1, -0.05) is 23.7 Å². The van der Waals surface area contributed by atoms with Crippen molar-refractivity contribution in [3.63, 3.8) is 0 Å². The van der Waals surface area contributed by atoms with Gasteiger partial charge in [0.1, 0.15) is 5.82 Å². The lowest BCUT2D eigenvalue weighted by atomic mass is 10.1. The van der Waals surface area contributed by atoms with Crippen molar-refractivity contribution in [3.05, 3.63) is 34.6 Å². The minimum Gasteiger partial charge on any atom is -0.327 e. The predicted molar refractivity (Wildman–Crippen MR) is 46.7 cm³/mol. The second kappa shape index (κ2) is 2.71. The Bertz CT molecular complexity index is 313. The second-order valence-electron chi connectivity index (χ2n) is 3.15. The molecule has 2 rings (SSSR count). The van der Waals surface area contributed by atoms with Gasteiger partial charge in [0.15, 0.2) is 0 Å². The third-order valence-corrected chi connectivity index (χ3v) is 2.51. The summed E-state index contributed by atoms with van der Waals surface area (Å²) in [7, 11) is 0. The minimum absolute atomic E-state index is 0.123. The molecule has 2 N–H and O–H groups in total. The zero-order valence-electron chi connectivity index (χ0n) is 6.43. The molecule has 1 aliphatic carbocycles. The van der Waals surface area contributed by atoms with E-state index in [1.54, 1.807) is 18.2 Å². The van der Waals surface area contributed by atoms with Gasteiger partial charge in [-0.15, -0.1) is 0 Å². The van der Waals surface area contributed by atoms with Gasteiger partial charge in [-0.3, -0.25) is 0 Å². The Hall–Kier alpha value is -0.600. The second-order valence-corrected chi connectivity index (χ2v) is 3.56. The molecule has 0 amide bonds. The average molecular weight is 186 g/mol. The van der Waals surface area contributed by atoms with E-state index in [0.717, 1.165) is 6.42 Å². The van der Waals surface area contributed by atoms with Crippen LogP contribution in [0.2, 0.25) is 5.02 Å². The number of hydrogen-bond donors (Lipinski definition) is 1. The molecule has 0 spiro atoms. The minimum atomic E-state index is -0.308. The van der Waals surface area contributed by atoms with Crippen molar-refractivity contribution >= 4 is 11.6 Å². The zero-order chi connectivity index (χ0) is 8.72. The molecule has 1 fully saturated rings. The Morgan fingerprint density at radius 2 is 2.17 bits per heavy atom. The summed E-state index contributed by atoms with van der Waals surface area (Å²) in [4.78, 5) is 0. The Morgan fingerprint density at radius 1 is 1.50 bits per heavy atom. The summed E-state index contributed by atoms with van der Waals surface area (Å²) in [5, 5.41) is 0.187. The van der Waals surface area contributed by atoms with Crippen molar-refractivity contribution in [1.82, 2.24) is 0 Å². The summed E-state index contributed by atoms with van der Waals surface area (Å²) in [6.07, 6.45) is 0.872. The summed E-state index contributed by atoms with van der Waals surface area (Å²) < 4.78 is 13.3. The smallest absolute Gasteiger partial charge is 0.145 e.